The number of ether oxygens (including phenoxy) is 3. The minimum absolute atomic E-state index is 0.0555. The van der Waals surface area contributed by atoms with Gasteiger partial charge in [-0.25, -0.2) is 14.4 Å². The Kier molecular flexibility index (Phi) is 11.7. The van der Waals surface area contributed by atoms with E-state index in [4.69, 9.17) is 14.2 Å². The molecule has 0 aliphatic carbocycles. The molecule has 2 unspecified atom stereocenters. The van der Waals surface area contributed by atoms with Crippen molar-refractivity contribution in [1.82, 2.24) is 20.0 Å². The lowest BCUT2D eigenvalue weighted by Gasteiger charge is -2.51. The van der Waals surface area contributed by atoms with Crippen LogP contribution in [0.3, 0.4) is 0 Å². The molecule has 3 aliphatic rings. The van der Waals surface area contributed by atoms with Crippen LogP contribution in [0.4, 0.5) is 15.3 Å². The molecule has 19 heteroatoms. The molecule has 2 fully saturated rings. The van der Waals surface area contributed by atoms with Gasteiger partial charge in [0, 0.05) is 45.1 Å². The predicted octanol–water partition coefficient (Wildman–Crippen LogP) is 1.55. The molecule has 18 nitrogen and oxygen atoms in total. The lowest BCUT2D eigenvalue weighted by atomic mass is 9.92. The van der Waals surface area contributed by atoms with E-state index >= 15 is 0 Å². The summed E-state index contributed by atoms with van der Waals surface area (Å²) in [5, 5.41) is 23.2. The number of urea groups is 1. The first-order valence-electron chi connectivity index (χ1n) is 16.2. The fourth-order valence-electron chi connectivity index (χ4n) is 5.94. The van der Waals surface area contributed by atoms with Crippen LogP contribution in [0.2, 0.25) is 0 Å². The topological polar surface area (TPSA) is 238 Å². The molecule has 0 aromatic heterocycles. The van der Waals surface area contributed by atoms with Crippen LogP contribution in [-0.2, 0) is 44.8 Å². The molecule has 280 valence electrons. The number of rotatable bonds is 11. The van der Waals surface area contributed by atoms with Gasteiger partial charge in [0.2, 0.25) is 18.0 Å². The summed E-state index contributed by atoms with van der Waals surface area (Å²) in [4.78, 5) is 105. The van der Waals surface area contributed by atoms with Crippen molar-refractivity contribution in [3.05, 3.63) is 70.9 Å². The standard InChI is InChI=1S/C34H35N5O13S/c1-4-37-12-13-38(30(45)29(37)44)33(48)36-23-14-20(52-34(49)50-16-19-8-6-5-7-9-19)10-11-21(23)26-24(27(35-17(2)41)51-18(3)42)25(32(46)47)39-28(43)22(15-40)31(39)53-26/h5-11,14,22,26-27,31,40H,4,12-13,15-16H2,1-3H3,(H,35,41)(H,36,48)(H,46,47)/t22-,26?,27?,31-/m1/s1. The number of anilines is 1. The Labute approximate surface area is 306 Å². The lowest BCUT2D eigenvalue weighted by Crippen LogP contribution is -2.63. The van der Waals surface area contributed by atoms with Gasteiger partial charge in [0.1, 0.15) is 18.1 Å². The number of carbonyl (C=O) groups excluding carboxylic acids is 7. The van der Waals surface area contributed by atoms with Crippen molar-refractivity contribution >= 4 is 65.2 Å². The van der Waals surface area contributed by atoms with Gasteiger partial charge in [0.15, 0.2) is 0 Å². The first-order valence-corrected chi connectivity index (χ1v) is 17.1. The number of carboxylic acids is 1. The molecule has 53 heavy (non-hydrogen) atoms. The number of carboxylic acid groups (broad SMARTS) is 1. The Balaban J connectivity index is 1.60. The number of benzene rings is 2. The Morgan fingerprint density at radius 3 is 2.34 bits per heavy atom. The Hall–Kier alpha value is -5.95. The average molecular weight is 754 g/mol. The molecule has 6 amide bonds. The van der Waals surface area contributed by atoms with Gasteiger partial charge in [-0.15, -0.1) is 11.8 Å². The number of aliphatic hydroxyl groups is 1. The number of nitrogens with one attached hydrogen (secondary N) is 2. The number of aliphatic carboxylic acids is 1. The Morgan fingerprint density at radius 1 is 1.00 bits per heavy atom. The largest absolute Gasteiger partial charge is 0.514 e. The smallest absolute Gasteiger partial charge is 0.477 e. The molecule has 4 N–H and O–H groups in total. The van der Waals surface area contributed by atoms with Crippen molar-refractivity contribution in [3.8, 4) is 5.75 Å². The SMILES string of the molecule is CCN1CCN(C(=O)Nc2cc(OC(=O)OCc3ccccc3)ccc2C2S[C@@H]3[C@H](CO)C(=O)N3C(C(=O)O)=C2C(NC(C)=O)OC(C)=O)C(=O)C1=O. The third-order valence-corrected chi connectivity index (χ3v) is 10.0. The number of hydrogen-bond acceptors (Lipinski definition) is 13. The molecule has 2 aromatic carbocycles. The molecule has 3 aliphatic heterocycles. The summed E-state index contributed by atoms with van der Waals surface area (Å²) < 4.78 is 15.9. The minimum Gasteiger partial charge on any atom is -0.477 e. The van der Waals surface area contributed by atoms with Crippen molar-refractivity contribution in [2.24, 2.45) is 5.92 Å². The summed E-state index contributed by atoms with van der Waals surface area (Å²) in [6, 6.07) is 11.5. The number of fused-ring (bicyclic) bond motifs is 1. The van der Waals surface area contributed by atoms with E-state index in [9.17, 15) is 48.6 Å². The molecule has 2 saturated heterocycles. The molecule has 0 radical (unpaired) electrons. The summed E-state index contributed by atoms with van der Waals surface area (Å²) in [5.41, 5.74) is -0.351. The second-order valence-corrected chi connectivity index (χ2v) is 13.1. The predicted molar refractivity (Wildman–Crippen MR) is 182 cm³/mol. The van der Waals surface area contributed by atoms with Crippen molar-refractivity contribution in [1.29, 1.82) is 0 Å². The highest BCUT2D eigenvalue weighted by molar-refractivity contribution is 8.00. The average Bonchev–Trinajstić information content (AvgIpc) is 3.11. The maximum Gasteiger partial charge on any atom is 0.514 e. The lowest BCUT2D eigenvalue weighted by molar-refractivity contribution is -0.155. The van der Waals surface area contributed by atoms with E-state index in [1.165, 1.54) is 23.1 Å². The van der Waals surface area contributed by atoms with Crippen LogP contribution in [0.5, 0.6) is 5.75 Å². The second-order valence-electron chi connectivity index (χ2n) is 11.9. The molecule has 5 rings (SSSR count). The van der Waals surface area contributed by atoms with Crippen LogP contribution in [0.15, 0.2) is 59.8 Å². The van der Waals surface area contributed by atoms with Crippen molar-refractivity contribution < 1.29 is 62.8 Å². The van der Waals surface area contributed by atoms with Crippen LogP contribution in [0.25, 0.3) is 0 Å². The molecule has 2 aromatic rings. The number of piperazine rings is 1. The maximum absolute atomic E-state index is 13.7. The molecule has 0 bridgehead atoms. The first kappa shape index (κ1) is 38.3. The molecular weight excluding hydrogens is 718 g/mol. The number of esters is 1. The molecule has 0 saturated carbocycles. The maximum atomic E-state index is 13.7. The van der Waals surface area contributed by atoms with Gasteiger partial charge in [-0.3, -0.25) is 33.8 Å². The second kappa shape index (κ2) is 16.2. The third-order valence-electron chi connectivity index (χ3n) is 8.41. The zero-order valence-corrected chi connectivity index (χ0v) is 29.4. The number of likely N-dealkylation sites (N-methyl/N-ethyl adjacent to an activating group) is 1. The number of nitrogens with zero attached hydrogens (tertiary/aromatic N) is 3. The minimum atomic E-state index is -1.75. The fourth-order valence-corrected chi connectivity index (χ4v) is 7.68. The Morgan fingerprint density at radius 2 is 1.72 bits per heavy atom. The van der Waals surface area contributed by atoms with E-state index < -0.39 is 82.8 Å². The van der Waals surface area contributed by atoms with E-state index in [1.54, 1.807) is 37.3 Å². The van der Waals surface area contributed by atoms with Gasteiger partial charge in [0.25, 0.3) is 0 Å². The van der Waals surface area contributed by atoms with Crippen molar-refractivity contribution in [2.45, 2.75) is 44.2 Å². The van der Waals surface area contributed by atoms with Crippen LogP contribution in [0, 0.1) is 5.92 Å². The number of carbonyl (C=O) groups is 8. The molecule has 0 spiro atoms. The normalized spacial score (nSPS) is 20.2. The van der Waals surface area contributed by atoms with E-state index in [-0.39, 0.29) is 48.8 Å². The summed E-state index contributed by atoms with van der Waals surface area (Å²) in [6.45, 7) is 3.14. The van der Waals surface area contributed by atoms with Gasteiger partial charge >= 0.3 is 35.9 Å². The van der Waals surface area contributed by atoms with Crippen LogP contribution in [0.1, 0.15) is 37.1 Å². The van der Waals surface area contributed by atoms with Crippen LogP contribution >= 0.6 is 11.8 Å². The fraction of sp³-hybridized carbons (Fsp3) is 0.353. The van der Waals surface area contributed by atoms with Gasteiger partial charge < -0.3 is 40.0 Å². The monoisotopic (exact) mass is 753 g/mol. The summed E-state index contributed by atoms with van der Waals surface area (Å²) in [6.07, 6.45) is -2.87. The van der Waals surface area contributed by atoms with E-state index in [2.05, 4.69) is 10.6 Å². The van der Waals surface area contributed by atoms with E-state index in [1.807, 2.05) is 0 Å². The van der Waals surface area contributed by atoms with E-state index in [0.29, 0.717) is 10.5 Å². The van der Waals surface area contributed by atoms with Gasteiger partial charge in [-0.05, 0) is 24.1 Å². The number of thioether (sulfide) groups is 1. The van der Waals surface area contributed by atoms with Gasteiger partial charge in [-0.1, -0.05) is 36.4 Å². The summed E-state index contributed by atoms with van der Waals surface area (Å²) in [7, 11) is 0. The highest BCUT2D eigenvalue weighted by atomic mass is 32.2. The highest BCUT2D eigenvalue weighted by Crippen LogP contribution is 2.55. The first-order chi connectivity index (χ1) is 25.2. The number of β-lactam (4-membered cyclic amide) rings is 1. The zero-order chi connectivity index (χ0) is 38.6. The van der Waals surface area contributed by atoms with E-state index in [0.717, 1.165) is 30.5 Å². The third kappa shape index (κ3) is 8.10. The number of amides is 6. The number of aliphatic hydroxyl groups excluding tert-OH is 1. The molecular formula is C34H35N5O13S. The quantitative estimate of drug-likeness (QED) is 0.0838. The Bertz CT molecular complexity index is 1870. The van der Waals surface area contributed by atoms with Crippen LogP contribution < -0.4 is 15.4 Å². The van der Waals surface area contributed by atoms with Gasteiger partial charge in [-0.2, -0.15) is 0 Å². The molecule has 3 heterocycles. The van der Waals surface area contributed by atoms with Crippen molar-refractivity contribution in [3.63, 3.8) is 0 Å². The molecule has 4 atom stereocenters. The number of hydrogen-bond donors (Lipinski definition) is 4. The number of imide groups is 1. The summed E-state index contributed by atoms with van der Waals surface area (Å²) >= 11 is 0.945. The van der Waals surface area contributed by atoms with Gasteiger partial charge in [0.05, 0.1) is 28.8 Å². The van der Waals surface area contributed by atoms with Crippen LogP contribution in [-0.4, -0.2) is 111 Å². The summed E-state index contributed by atoms with van der Waals surface area (Å²) in [5.74, 6) is -7.24. The zero-order valence-electron chi connectivity index (χ0n) is 28.6. The highest BCUT2D eigenvalue weighted by Gasteiger charge is 2.57. The van der Waals surface area contributed by atoms with Crippen molar-refractivity contribution in [2.75, 3.05) is 31.6 Å².